The molecular formula is C19H25ClN4O2. The lowest BCUT2D eigenvalue weighted by Gasteiger charge is -2.30. The minimum atomic E-state index is 0.0987. The van der Waals surface area contributed by atoms with Crippen molar-refractivity contribution in [2.24, 2.45) is 5.92 Å². The van der Waals surface area contributed by atoms with Gasteiger partial charge in [-0.3, -0.25) is 9.69 Å². The fourth-order valence-electron chi connectivity index (χ4n) is 3.08. The number of hydrogen-bond acceptors (Lipinski definition) is 5. The molecule has 2 heterocycles. The van der Waals surface area contributed by atoms with E-state index in [1.165, 1.54) is 0 Å². The molecule has 0 bridgehead atoms. The van der Waals surface area contributed by atoms with E-state index in [-0.39, 0.29) is 17.9 Å². The Labute approximate surface area is 158 Å². The Kier molecular flexibility index (Phi) is 6.27. The smallest absolute Gasteiger partial charge is 0.241 e. The van der Waals surface area contributed by atoms with Crippen molar-refractivity contribution in [3.8, 4) is 11.4 Å². The summed E-state index contributed by atoms with van der Waals surface area (Å²) in [6.07, 6.45) is 2.66. The molecule has 1 unspecified atom stereocenters. The molecular weight excluding hydrogens is 352 g/mol. The van der Waals surface area contributed by atoms with E-state index in [1.807, 2.05) is 31.2 Å². The molecule has 0 aliphatic carbocycles. The van der Waals surface area contributed by atoms with E-state index in [1.54, 1.807) is 0 Å². The summed E-state index contributed by atoms with van der Waals surface area (Å²) in [5.74, 6) is 1.36. The summed E-state index contributed by atoms with van der Waals surface area (Å²) >= 11 is 6.18. The minimum absolute atomic E-state index is 0.0987. The van der Waals surface area contributed by atoms with E-state index >= 15 is 0 Å². The highest BCUT2D eigenvalue weighted by molar-refractivity contribution is 6.33. The monoisotopic (exact) mass is 376 g/mol. The average molecular weight is 377 g/mol. The van der Waals surface area contributed by atoms with Gasteiger partial charge in [0, 0.05) is 17.5 Å². The molecule has 1 aromatic heterocycles. The van der Waals surface area contributed by atoms with Crippen molar-refractivity contribution in [2.45, 2.75) is 45.7 Å². The zero-order valence-electron chi connectivity index (χ0n) is 15.2. The molecule has 140 valence electrons. The standard InChI is InChI=1S/C19H25ClN4O2/c1-3-13(2)21-19(25)14-8-10-24(11-9-14)12-17-22-18(23-26-17)15-6-4-5-7-16(15)20/h4-7,13-14H,3,8-12H2,1-2H3,(H,21,25). The van der Waals surface area contributed by atoms with Gasteiger partial charge in [-0.15, -0.1) is 0 Å². The molecule has 26 heavy (non-hydrogen) atoms. The zero-order valence-corrected chi connectivity index (χ0v) is 16.0. The first-order valence-electron chi connectivity index (χ1n) is 9.17. The van der Waals surface area contributed by atoms with Crippen LogP contribution >= 0.6 is 11.6 Å². The Morgan fingerprint density at radius 3 is 2.81 bits per heavy atom. The maximum Gasteiger partial charge on any atom is 0.241 e. The highest BCUT2D eigenvalue weighted by Gasteiger charge is 2.26. The molecule has 6 nitrogen and oxygen atoms in total. The molecule has 0 radical (unpaired) electrons. The number of rotatable bonds is 6. The summed E-state index contributed by atoms with van der Waals surface area (Å²) in [4.78, 5) is 18.9. The van der Waals surface area contributed by atoms with Crippen LogP contribution in [0.4, 0.5) is 0 Å². The quantitative estimate of drug-likeness (QED) is 0.835. The third kappa shape index (κ3) is 4.62. The third-order valence-corrected chi connectivity index (χ3v) is 5.23. The van der Waals surface area contributed by atoms with Gasteiger partial charge in [0.05, 0.1) is 11.6 Å². The molecule has 1 amide bonds. The predicted octanol–water partition coefficient (Wildman–Crippen LogP) is 3.52. The fraction of sp³-hybridized carbons (Fsp3) is 0.526. The van der Waals surface area contributed by atoms with Crippen molar-refractivity contribution in [1.29, 1.82) is 0 Å². The Hall–Kier alpha value is -1.92. The van der Waals surface area contributed by atoms with Crippen LogP contribution in [0.1, 0.15) is 39.0 Å². The second kappa shape index (κ2) is 8.64. The number of piperidine rings is 1. The fourth-order valence-corrected chi connectivity index (χ4v) is 3.30. The van der Waals surface area contributed by atoms with Gasteiger partial charge in [0.1, 0.15) is 0 Å². The Morgan fingerprint density at radius 2 is 2.12 bits per heavy atom. The van der Waals surface area contributed by atoms with Crippen LogP contribution in [-0.2, 0) is 11.3 Å². The number of aromatic nitrogens is 2. The van der Waals surface area contributed by atoms with E-state index in [0.29, 0.717) is 23.3 Å². The SMILES string of the molecule is CCC(C)NC(=O)C1CCN(Cc2nc(-c3ccccc3Cl)no2)CC1. The van der Waals surface area contributed by atoms with Crippen LogP contribution in [0.15, 0.2) is 28.8 Å². The molecule has 1 aromatic carbocycles. The molecule has 1 aliphatic heterocycles. The zero-order chi connectivity index (χ0) is 18.5. The Bertz CT molecular complexity index is 741. The summed E-state index contributed by atoms with van der Waals surface area (Å²) < 4.78 is 5.38. The topological polar surface area (TPSA) is 71.3 Å². The van der Waals surface area contributed by atoms with Crippen LogP contribution in [0.25, 0.3) is 11.4 Å². The summed E-state index contributed by atoms with van der Waals surface area (Å²) in [5.41, 5.74) is 0.768. The number of hydrogen-bond donors (Lipinski definition) is 1. The molecule has 1 atom stereocenters. The van der Waals surface area contributed by atoms with Gasteiger partial charge < -0.3 is 9.84 Å². The first-order chi connectivity index (χ1) is 12.6. The molecule has 1 saturated heterocycles. The lowest BCUT2D eigenvalue weighted by atomic mass is 9.95. The van der Waals surface area contributed by atoms with E-state index in [4.69, 9.17) is 16.1 Å². The average Bonchev–Trinajstić information content (AvgIpc) is 3.10. The van der Waals surface area contributed by atoms with Crippen molar-refractivity contribution in [3.05, 3.63) is 35.2 Å². The van der Waals surface area contributed by atoms with E-state index in [0.717, 1.165) is 37.9 Å². The molecule has 1 aliphatic rings. The van der Waals surface area contributed by atoms with Gasteiger partial charge in [-0.1, -0.05) is 35.8 Å². The van der Waals surface area contributed by atoms with E-state index in [9.17, 15) is 4.79 Å². The number of halogens is 1. The van der Waals surface area contributed by atoms with Crippen molar-refractivity contribution < 1.29 is 9.32 Å². The number of carbonyl (C=O) groups is 1. The molecule has 3 rings (SSSR count). The first-order valence-corrected chi connectivity index (χ1v) is 9.54. The van der Waals surface area contributed by atoms with Gasteiger partial charge in [0.15, 0.2) is 0 Å². The van der Waals surface area contributed by atoms with E-state index in [2.05, 4.69) is 27.3 Å². The maximum atomic E-state index is 12.2. The Morgan fingerprint density at radius 1 is 1.38 bits per heavy atom. The minimum Gasteiger partial charge on any atom is -0.353 e. The van der Waals surface area contributed by atoms with Crippen molar-refractivity contribution >= 4 is 17.5 Å². The second-order valence-electron chi connectivity index (χ2n) is 6.86. The van der Waals surface area contributed by atoms with Crippen LogP contribution < -0.4 is 5.32 Å². The third-order valence-electron chi connectivity index (χ3n) is 4.90. The maximum absolute atomic E-state index is 12.2. The second-order valence-corrected chi connectivity index (χ2v) is 7.27. The van der Waals surface area contributed by atoms with Crippen molar-refractivity contribution in [2.75, 3.05) is 13.1 Å². The normalized spacial score (nSPS) is 17.2. The van der Waals surface area contributed by atoms with E-state index < -0.39 is 0 Å². The van der Waals surface area contributed by atoms with Gasteiger partial charge >= 0.3 is 0 Å². The number of carbonyl (C=O) groups excluding carboxylic acids is 1. The summed E-state index contributed by atoms with van der Waals surface area (Å²) in [5, 5.41) is 7.72. The summed E-state index contributed by atoms with van der Waals surface area (Å²) in [6.45, 7) is 6.41. The van der Waals surface area contributed by atoms with Gasteiger partial charge in [-0.05, 0) is 51.4 Å². The van der Waals surface area contributed by atoms with Gasteiger partial charge in [0.2, 0.25) is 17.6 Å². The predicted molar refractivity (Wildman–Crippen MR) is 101 cm³/mol. The number of amides is 1. The van der Waals surface area contributed by atoms with Crippen LogP contribution in [-0.4, -0.2) is 40.1 Å². The first kappa shape index (κ1) is 18.9. The van der Waals surface area contributed by atoms with Gasteiger partial charge in [-0.2, -0.15) is 4.98 Å². The Balaban J connectivity index is 1.52. The molecule has 2 aromatic rings. The highest BCUT2D eigenvalue weighted by atomic mass is 35.5. The van der Waals surface area contributed by atoms with Crippen LogP contribution in [0, 0.1) is 5.92 Å². The van der Waals surface area contributed by atoms with Crippen molar-refractivity contribution in [3.63, 3.8) is 0 Å². The van der Waals surface area contributed by atoms with Gasteiger partial charge in [0.25, 0.3) is 0 Å². The summed E-state index contributed by atoms with van der Waals surface area (Å²) in [7, 11) is 0. The molecule has 1 N–H and O–H groups in total. The molecule has 0 spiro atoms. The lowest BCUT2D eigenvalue weighted by Crippen LogP contribution is -2.42. The number of nitrogens with one attached hydrogen (secondary N) is 1. The number of benzene rings is 1. The van der Waals surface area contributed by atoms with Crippen LogP contribution in [0.2, 0.25) is 5.02 Å². The number of likely N-dealkylation sites (tertiary alicyclic amines) is 1. The summed E-state index contributed by atoms with van der Waals surface area (Å²) in [6, 6.07) is 7.68. The highest BCUT2D eigenvalue weighted by Crippen LogP contribution is 2.25. The lowest BCUT2D eigenvalue weighted by molar-refractivity contribution is -0.127. The van der Waals surface area contributed by atoms with Crippen LogP contribution in [0.5, 0.6) is 0 Å². The molecule has 0 saturated carbocycles. The number of nitrogens with zero attached hydrogens (tertiary/aromatic N) is 3. The van der Waals surface area contributed by atoms with Gasteiger partial charge in [-0.25, -0.2) is 0 Å². The van der Waals surface area contributed by atoms with Crippen molar-refractivity contribution in [1.82, 2.24) is 20.4 Å². The largest absolute Gasteiger partial charge is 0.353 e. The molecule has 1 fully saturated rings. The van der Waals surface area contributed by atoms with Crippen LogP contribution in [0.3, 0.4) is 0 Å². The molecule has 7 heteroatoms.